The Morgan fingerprint density at radius 2 is 2.22 bits per heavy atom. The number of ether oxygens (including phenoxy) is 2. The van der Waals surface area contributed by atoms with E-state index in [2.05, 4.69) is 14.8 Å². The number of rotatable bonds is 3. The second-order valence-corrected chi connectivity index (χ2v) is 3.55. The third kappa shape index (κ3) is 2.40. The molecule has 0 unspecified atom stereocenters. The van der Waals surface area contributed by atoms with Crippen molar-refractivity contribution >= 4 is 11.8 Å². The number of hydrogen-bond donors (Lipinski definition) is 1. The summed E-state index contributed by atoms with van der Waals surface area (Å²) in [6.07, 6.45) is 4.56. The Labute approximate surface area is 103 Å². The summed E-state index contributed by atoms with van der Waals surface area (Å²) in [6.45, 7) is 0. The van der Waals surface area contributed by atoms with Crippen molar-refractivity contribution in [3.63, 3.8) is 0 Å². The molecule has 0 amide bonds. The van der Waals surface area contributed by atoms with E-state index in [4.69, 9.17) is 10.5 Å². The normalized spacial score (nSPS) is 10.1. The van der Waals surface area contributed by atoms with Gasteiger partial charge in [-0.25, -0.2) is 9.78 Å². The molecule has 0 radical (unpaired) electrons. The van der Waals surface area contributed by atoms with Gasteiger partial charge in [0.2, 0.25) is 0 Å². The van der Waals surface area contributed by atoms with Gasteiger partial charge >= 0.3 is 5.97 Å². The fourth-order valence-electron chi connectivity index (χ4n) is 1.39. The van der Waals surface area contributed by atoms with Gasteiger partial charge < -0.3 is 15.2 Å². The minimum Gasteiger partial charge on any atom is -0.465 e. The quantitative estimate of drug-likeness (QED) is 0.814. The molecule has 7 nitrogen and oxygen atoms in total. The summed E-state index contributed by atoms with van der Waals surface area (Å²) in [5, 5.41) is 3.96. The van der Waals surface area contributed by atoms with Gasteiger partial charge in [0, 0.05) is 7.05 Å². The third-order valence-corrected chi connectivity index (χ3v) is 2.20. The van der Waals surface area contributed by atoms with Crippen molar-refractivity contribution in [3.05, 3.63) is 30.2 Å². The minimum atomic E-state index is -0.539. The largest absolute Gasteiger partial charge is 0.465 e. The third-order valence-electron chi connectivity index (χ3n) is 2.20. The standard InChI is InChI=1S/C11H12N4O3/c1-15-6-7(4-14-15)18-9-5-13-10(12)3-8(9)11(16)17-2/h3-6H,1-2H3,(H2,12,13). The fraction of sp³-hybridized carbons (Fsp3) is 0.182. The first-order valence-corrected chi connectivity index (χ1v) is 5.10. The Kier molecular flexibility index (Phi) is 3.13. The summed E-state index contributed by atoms with van der Waals surface area (Å²) in [4.78, 5) is 15.5. The van der Waals surface area contributed by atoms with Gasteiger partial charge in [-0.3, -0.25) is 4.68 Å². The highest BCUT2D eigenvalue weighted by Gasteiger charge is 2.15. The SMILES string of the molecule is COC(=O)c1cc(N)ncc1Oc1cnn(C)c1. The number of esters is 1. The van der Waals surface area contributed by atoms with Gasteiger partial charge in [0.1, 0.15) is 11.4 Å². The van der Waals surface area contributed by atoms with Crippen molar-refractivity contribution < 1.29 is 14.3 Å². The van der Waals surface area contributed by atoms with Gasteiger partial charge in [0.25, 0.3) is 0 Å². The van der Waals surface area contributed by atoms with Gasteiger partial charge in [0.15, 0.2) is 11.5 Å². The molecule has 0 aliphatic carbocycles. The summed E-state index contributed by atoms with van der Waals surface area (Å²) in [5.74, 6) is 0.440. The number of carbonyl (C=O) groups excluding carboxylic acids is 1. The van der Waals surface area contributed by atoms with Crippen LogP contribution < -0.4 is 10.5 Å². The van der Waals surface area contributed by atoms with Crippen LogP contribution in [0.4, 0.5) is 5.82 Å². The number of carbonyl (C=O) groups is 1. The van der Waals surface area contributed by atoms with Crippen LogP contribution in [0.25, 0.3) is 0 Å². The maximum absolute atomic E-state index is 11.6. The Balaban J connectivity index is 2.35. The van der Waals surface area contributed by atoms with E-state index in [-0.39, 0.29) is 17.1 Å². The van der Waals surface area contributed by atoms with Crippen LogP contribution in [0.15, 0.2) is 24.7 Å². The van der Waals surface area contributed by atoms with E-state index < -0.39 is 5.97 Å². The van der Waals surface area contributed by atoms with Crippen LogP contribution in [0.5, 0.6) is 11.5 Å². The van der Waals surface area contributed by atoms with E-state index in [1.807, 2.05) is 0 Å². The van der Waals surface area contributed by atoms with Gasteiger partial charge in [-0.1, -0.05) is 0 Å². The van der Waals surface area contributed by atoms with Crippen molar-refractivity contribution in [3.8, 4) is 11.5 Å². The summed E-state index contributed by atoms with van der Waals surface area (Å²) in [6, 6.07) is 1.40. The molecule has 0 aliphatic heterocycles. The highest BCUT2D eigenvalue weighted by molar-refractivity contribution is 5.93. The molecule has 0 saturated carbocycles. The zero-order valence-corrected chi connectivity index (χ0v) is 9.95. The Morgan fingerprint density at radius 1 is 1.44 bits per heavy atom. The zero-order valence-electron chi connectivity index (χ0n) is 9.95. The minimum absolute atomic E-state index is 0.217. The van der Waals surface area contributed by atoms with Crippen LogP contribution in [0, 0.1) is 0 Å². The van der Waals surface area contributed by atoms with E-state index in [9.17, 15) is 4.79 Å². The first-order valence-electron chi connectivity index (χ1n) is 5.10. The van der Waals surface area contributed by atoms with E-state index in [1.165, 1.54) is 25.6 Å². The predicted molar refractivity (Wildman–Crippen MR) is 63.3 cm³/mol. The molecule has 2 N–H and O–H groups in total. The first kappa shape index (κ1) is 11.9. The lowest BCUT2D eigenvalue weighted by atomic mass is 10.2. The summed E-state index contributed by atoms with van der Waals surface area (Å²) >= 11 is 0. The molecule has 0 atom stereocenters. The number of anilines is 1. The van der Waals surface area contributed by atoms with Crippen LogP contribution in [0.2, 0.25) is 0 Å². The van der Waals surface area contributed by atoms with Crippen molar-refractivity contribution in [2.75, 3.05) is 12.8 Å². The van der Waals surface area contributed by atoms with Crippen LogP contribution in [-0.2, 0) is 11.8 Å². The summed E-state index contributed by atoms with van der Waals surface area (Å²) in [7, 11) is 3.04. The number of nitrogens with two attached hydrogens (primary N) is 1. The maximum atomic E-state index is 11.6. The van der Waals surface area contributed by atoms with Crippen molar-refractivity contribution in [1.29, 1.82) is 0 Å². The summed E-state index contributed by atoms with van der Waals surface area (Å²) < 4.78 is 11.7. The Bertz CT molecular complexity index is 579. The van der Waals surface area contributed by atoms with Crippen LogP contribution in [0.1, 0.15) is 10.4 Å². The number of aryl methyl sites for hydroxylation is 1. The number of nitrogen functional groups attached to an aromatic ring is 1. The van der Waals surface area contributed by atoms with Crippen LogP contribution in [-0.4, -0.2) is 27.8 Å². The number of nitrogens with zero attached hydrogens (tertiary/aromatic N) is 3. The molecule has 2 aromatic heterocycles. The number of aromatic nitrogens is 3. The first-order chi connectivity index (χ1) is 8.60. The molecule has 0 spiro atoms. The smallest absolute Gasteiger partial charge is 0.341 e. The van der Waals surface area contributed by atoms with Gasteiger partial charge in [-0.15, -0.1) is 0 Å². The van der Waals surface area contributed by atoms with Gasteiger partial charge in [0.05, 0.1) is 25.7 Å². The molecule has 0 saturated heterocycles. The Hall–Kier alpha value is -2.57. The predicted octanol–water partition coefficient (Wildman–Crippen LogP) is 0.976. The van der Waals surface area contributed by atoms with Crippen molar-refractivity contribution in [2.24, 2.45) is 7.05 Å². The Morgan fingerprint density at radius 3 is 2.83 bits per heavy atom. The molecule has 2 heterocycles. The molecule has 0 bridgehead atoms. The monoisotopic (exact) mass is 248 g/mol. The van der Waals surface area contributed by atoms with E-state index in [0.717, 1.165) is 0 Å². The molecule has 18 heavy (non-hydrogen) atoms. The number of methoxy groups -OCH3 is 1. The number of hydrogen-bond acceptors (Lipinski definition) is 6. The molecule has 7 heteroatoms. The van der Waals surface area contributed by atoms with E-state index in [1.54, 1.807) is 17.9 Å². The average Bonchev–Trinajstić information content (AvgIpc) is 2.76. The molecule has 0 aliphatic rings. The molecule has 2 rings (SSSR count). The van der Waals surface area contributed by atoms with E-state index in [0.29, 0.717) is 5.75 Å². The highest BCUT2D eigenvalue weighted by atomic mass is 16.5. The molecule has 0 aromatic carbocycles. The van der Waals surface area contributed by atoms with Crippen LogP contribution in [0.3, 0.4) is 0 Å². The molecular formula is C11H12N4O3. The molecule has 0 fully saturated rings. The van der Waals surface area contributed by atoms with Crippen molar-refractivity contribution in [2.45, 2.75) is 0 Å². The lowest BCUT2D eigenvalue weighted by molar-refractivity contribution is 0.0598. The second-order valence-electron chi connectivity index (χ2n) is 3.55. The maximum Gasteiger partial charge on any atom is 0.341 e. The van der Waals surface area contributed by atoms with Crippen molar-refractivity contribution in [1.82, 2.24) is 14.8 Å². The molecule has 2 aromatic rings. The zero-order chi connectivity index (χ0) is 13.1. The average molecular weight is 248 g/mol. The summed E-state index contributed by atoms with van der Waals surface area (Å²) in [5.41, 5.74) is 5.74. The van der Waals surface area contributed by atoms with Gasteiger partial charge in [-0.05, 0) is 6.07 Å². The number of pyridine rings is 1. The van der Waals surface area contributed by atoms with E-state index >= 15 is 0 Å². The molecular weight excluding hydrogens is 236 g/mol. The lowest BCUT2D eigenvalue weighted by Crippen LogP contribution is -2.05. The molecule has 94 valence electrons. The second kappa shape index (κ2) is 4.74. The topological polar surface area (TPSA) is 92.3 Å². The highest BCUT2D eigenvalue weighted by Crippen LogP contribution is 2.25. The lowest BCUT2D eigenvalue weighted by Gasteiger charge is -2.08. The van der Waals surface area contributed by atoms with Gasteiger partial charge in [-0.2, -0.15) is 5.10 Å². The fourth-order valence-corrected chi connectivity index (χ4v) is 1.39. The van der Waals surface area contributed by atoms with Crippen LogP contribution >= 0.6 is 0 Å².